The minimum absolute atomic E-state index is 0.0850. The van der Waals surface area contributed by atoms with Crippen molar-refractivity contribution >= 4 is 17.3 Å². The molecule has 2 aromatic rings. The van der Waals surface area contributed by atoms with Crippen LogP contribution >= 0.6 is 0 Å². The Hall–Kier alpha value is -2.34. The van der Waals surface area contributed by atoms with E-state index in [-0.39, 0.29) is 5.91 Å². The van der Waals surface area contributed by atoms with Crippen LogP contribution in [0.15, 0.2) is 36.7 Å². The second-order valence-electron chi connectivity index (χ2n) is 5.30. The molecule has 0 bridgehead atoms. The van der Waals surface area contributed by atoms with E-state index in [0.717, 1.165) is 11.4 Å². The fourth-order valence-corrected chi connectivity index (χ4v) is 2.24. The highest BCUT2D eigenvalue weighted by Gasteiger charge is 2.16. The Morgan fingerprint density at radius 1 is 1.45 bits per heavy atom. The van der Waals surface area contributed by atoms with Crippen LogP contribution in [0.1, 0.15) is 24.2 Å². The van der Waals surface area contributed by atoms with Crippen LogP contribution in [-0.4, -0.2) is 44.9 Å². The molecule has 0 spiro atoms. The van der Waals surface area contributed by atoms with E-state index in [1.807, 2.05) is 32.3 Å². The van der Waals surface area contributed by atoms with E-state index in [1.165, 1.54) is 0 Å². The minimum atomic E-state index is -0.541. The van der Waals surface area contributed by atoms with E-state index in [9.17, 15) is 9.90 Å². The largest absolute Gasteiger partial charge is 0.392 e. The third-order valence-corrected chi connectivity index (χ3v) is 3.26. The summed E-state index contributed by atoms with van der Waals surface area (Å²) in [6, 6.07) is 7.32. The molecule has 2 N–H and O–H groups in total. The summed E-state index contributed by atoms with van der Waals surface area (Å²) in [6.45, 7) is 4.47. The summed E-state index contributed by atoms with van der Waals surface area (Å²) >= 11 is 0. The molecular weight excluding hydrogens is 280 g/mol. The SMILES string of the molecule is CCN(C[C@@H](C)O)C(=O)c1cccc(Nc2cnn(C)c2)c1. The van der Waals surface area contributed by atoms with Crippen LogP contribution in [0, 0.1) is 0 Å². The molecule has 0 radical (unpaired) electrons. The molecule has 1 heterocycles. The van der Waals surface area contributed by atoms with Crippen molar-refractivity contribution in [2.24, 2.45) is 7.05 Å². The molecule has 0 aliphatic rings. The Bertz CT molecular complexity index is 637. The standard InChI is InChI=1S/C16H22N4O2/c1-4-20(10-12(2)21)16(22)13-6-5-7-14(8-13)18-15-9-17-19(3)11-15/h5-9,11-12,18,21H,4,10H2,1-3H3/t12-/m1/s1. The molecule has 1 atom stereocenters. The summed E-state index contributed by atoms with van der Waals surface area (Å²) in [4.78, 5) is 14.1. The lowest BCUT2D eigenvalue weighted by atomic mass is 10.1. The van der Waals surface area contributed by atoms with Gasteiger partial charge in [-0.2, -0.15) is 5.10 Å². The Labute approximate surface area is 130 Å². The lowest BCUT2D eigenvalue weighted by Gasteiger charge is -2.22. The molecule has 6 heteroatoms. The molecular formula is C16H22N4O2. The zero-order valence-corrected chi connectivity index (χ0v) is 13.2. The molecule has 118 valence electrons. The van der Waals surface area contributed by atoms with Crippen molar-refractivity contribution in [3.63, 3.8) is 0 Å². The summed E-state index contributed by atoms with van der Waals surface area (Å²) in [5.41, 5.74) is 2.28. The van der Waals surface area contributed by atoms with Crippen molar-refractivity contribution in [2.75, 3.05) is 18.4 Å². The van der Waals surface area contributed by atoms with Gasteiger partial charge in [0.2, 0.25) is 0 Å². The van der Waals surface area contributed by atoms with E-state index in [4.69, 9.17) is 0 Å². The number of rotatable bonds is 6. The molecule has 0 fully saturated rings. The summed E-state index contributed by atoms with van der Waals surface area (Å²) < 4.78 is 1.71. The summed E-state index contributed by atoms with van der Waals surface area (Å²) in [7, 11) is 1.85. The van der Waals surface area contributed by atoms with Crippen molar-refractivity contribution in [2.45, 2.75) is 20.0 Å². The second kappa shape index (κ2) is 7.09. The first-order valence-electron chi connectivity index (χ1n) is 7.32. The van der Waals surface area contributed by atoms with E-state index < -0.39 is 6.10 Å². The number of aryl methyl sites for hydroxylation is 1. The number of hydrogen-bond acceptors (Lipinski definition) is 4. The highest BCUT2D eigenvalue weighted by Crippen LogP contribution is 2.18. The first kappa shape index (κ1) is 16.0. The average Bonchev–Trinajstić information content (AvgIpc) is 2.89. The highest BCUT2D eigenvalue weighted by atomic mass is 16.3. The van der Waals surface area contributed by atoms with E-state index in [2.05, 4.69) is 10.4 Å². The van der Waals surface area contributed by atoms with Gasteiger partial charge in [-0.25, -0.2) is 0 Å². The van der Waals surface area contributed by atoms with Gasteiger partial charge in [0, 0.05) is 37.6 Å². The van der Waals surface area contributed by atoms with Crippen LogP contribution < -0.4 is 5.32 Å². The maximum Gasteiger partial charge on any atom is 0.254 e. The number of amides is 1. The van der Waals surface area contributed by atoms with Crippen LogP contribution in [0.25, 0.3) is 0 Å². The van der Waals surface area contributed by atoms with Gasteiger partial charge in [-0.1, -0.05) is 6.07 Å². The fraction of sp³-hybridized carbons (Fsp3) is 0.375. The molecule has 1 amide bonds. The van der Waals surface area contributed by atoms with Gasteiger partial charge >= 0.3 is 0 Å². The molecule has 1 aromatic carbocycles. The van der Waals surface area contributed by atoms with Gasteiger partial charge in [0.1, 0.15) is 0 Å². The number of anilines is 2. The number of benzene rings is 1. The van der Waals surface area contributed by atoms with Crippen LogP contribution in [0.4, 0.5) is 11.4 Å². The first-order chi connectivity index (χ1) is 10.5. The van der Waals surface area contributed by atoms with Gasteiger partial charge in [-0.3, -0.25) is 9.48 Å². The molecule has 2 rings (SSSR count). The molecule has 1 aromatic heterocycles. The molecule has 0 unspecified atom stereocenters. The van der Waals surface area contributed by atoms with Crippen LogP contribution in [0.3, 0.4) is 0 Å². The van der Waals surface area contributed by atoms with Crippen LogP contribution in [-0.2, 0) is 7.05 Å². The normalized spacial score (nSPS) is 12.0. The average molecular weight is 302 g/mol. The quantitative estimate of drug-likeness (QED) is 0.856. The second-order valence-corrected chi connectivity index (χ2v) is 5.30. The van der Waals surface area contributed by atoms with Gasteiger partial charge < -0.3 is 15.3 Å². The van der Waals surface area contributed by atoms with Crippen LogP contribution in [0.2, 0.25) is 0 Å². The van der Waals surface area contributed by atoms with Crippen molar-refractivity contribution in [3.8, 4) is 0 Å². The number of nitrogens with one attached hydrogen (secondary N) is 1. The van der Waals surface area contributed by atoms with Gasteiger partial charge in [-0.05, 0) is 32.0 Å². The molecule has 0 saturated heterocycles. The summed E-state index contributed by atoms with van der Waals surface area (Å²) in [6.07, 6.45) is 3.04. The summed E-state index contributed by atoms with van der Waals surface area (Å²) in [5, 5.41) is 16.8. The number of carbonyl (C=O) groups excluding carboxylic acids is 1. The lowest BCUT2D eigenvalue weighted by molar-refractivity contribution is 0.0660. The Morgan fingerprint density at radius 3 is 2.82 bits per heavy atom. The molecule has 0 aliphatic heterocycles. The number of carbonyl (C=O) groups is 1. The molecule has 0 aliphatic carbocycles. The number of aliphatic hydroxyl groups excluding tert-OH is 1. The predicted molar refractivity (Wildman–Crippen MR) is 86.2 cm³/mol. The highest BCUT2D eigenvalue weighted by molar-refractivity contribution is 5.95. The monoisotopic (exact) mass is 302 g/mol. The molecule has 22 heavy (non-hydrogen) atoms. The Kier molecular flexibility index (Phi) is 5.16. The number of likely N-dealkylation sites (N-methyl/N-ethyl adjacent to an activating group) is 1. The van der Waals surface area contributed by atoms with Crippen LogP contribution in [0.5, 0.6) is 0 Å². The number of aliphatic hydroxyl groups is 1. The Balaban J connectivity index is 2.14. The molecule has 6 nitrogen and oxygen atoms in total. The number of aromatic nitrogens is 2. The van der Waals surface area contributed by atoms with E-state index in [1.54, 1.807) is 34.8 Å². The van der Waals surface area contributed by atoms with Crippen molar-refractivity contribution in [1.29, 1.82) is 0 Å². The van der Waals surface area contributed by atoms with Gasteiger partial charge in [0.25, 0.3) is 5.91 Å². The lowest BCUT2D eigenvalue weighted by Crippen LogP contribution is -2.36. The van der Waals surface area contributed by atoms with E-state index in [0.29, 0.717) is 18.7 Å². The maximum absolute atomic E-state index is 12.5. The minimum Gasteiger partial charge on any atom is -0.392 e. The smallest absolute Gasteiger partial charge is 0.254 e. The third-order valence-electron chi connectivity index (χ3n) is 3.26. The first-order valence-corrected chi connectivity index (χ1v) is 7.32. The maximum atomic E-state index is 12.5. The number of hydrogen-bond donors (Lipinski definition) is 2. The van der Waals surface area contributed by atoms with Gasteiger partial charge in [0.05, 0.1) is 18.0 Å². The fourth-order valence-electron chi connectivity index (χ4n) is 2.24. The van der Waals surface area contributed by atoms with Gasteiger partial charge in [-0.15, -0.1) is 0 Å². The van der Waals surface area contributed by atoms with E-state index >= 15 is 0 Å². The third kappa shape index (κ3) is 4.08. The molecule has 0 saturated carbocycles. The van der Waals surface area contributed by atoms with Crippen molar-refractivity contribution < 1.29 is 9.90 Å². The van der Waals surface area contributed by atoms with Crippen molar-refractivity contribution in [1.82, 2.24) is 14.7 Å². The topological polar surface area (TPSA) is 70.4 Å². The predicted octanol–water partition coefficient (Wildman–Crippen LogP) is 2.01. The zero-order chi connectivity index (χ0) is 16.1. The zero-order valence-electron chi connectivity index (χ0n) is 13.2. The van der Waals surface area contributed by atoms with Gasteiger partial charge in [0.15, 0.2) is 0 Å². The van der Waals surface area contributed by atoms with Crippen molar-refractivity contribution in [3.05, 3.63) is 42.2 Å². The number of nitrogens with zero attached hydrogens (tertiary/aromatic N) is 3. The summed E-state index contributed by atoms with van der Waals surface area (Å²) in [5.74, 6) is -0.0850. The Morgan fingerprint density at radius 2 is 2.23 bits per heavy atom.